The Morgan fingerprint density at radius 1 is 1.00 bits per heavy atom. The van der Waals surface area contributed by atoms with E-state index in [4.69, 9.17) is 0 Å². The number of benzene rings is 2. The summed E-state index contributed by atoms with van der Waals surface area (Å²) in [6, 6.07) is 18.3. The van der Waals surface area contributed by atoms with Crippen LogP contribution >= 0.6 is 27.7 Å². The summed E-state index contributed by atoms with van der Waals surface area (Å²) >= 11 is 5.29. The van der Waals surface area contributed by atoms with Gasteiger partial charge in [0, 0.05) is 26.2 Å². The van der Waals surface area contributed by atoms with E-state index in [1.54, 1.807) is 0 Å². The molecule has 1 saturated carbocycles. The standard InChI is InChI=1S/C19H20BrNOS/c20-15-12-10-14(11-13-15)19(22)21-17-8-4-5-9-18(17)23-16-6-2-1-3-7-16/h1-3,6-7,10-13,17-18H,4-5,8-9H2,(H,21,22)/t17-,18-/m0/s1. The molecule has 2 atom stereocenters. The second kappa shape index (κ2) is 8.02. The summed E-state index contributed by atoms with van der Waals surface area (Å²) in [6.45, 7) is 0. The van der Waals surface area contributed by atoms with Crippen molar-refractivity contribution >= 4 is 33.6 Å². The van der Waals surface area contributed by atoms with Gasteiger partial charge in [-0.2, -0.15) is 0 Å². The molecule has 0 spiro atoms. The van der Waals surface area contributed by atoms with Crippen molar-refractivity contribution in [3.8, 4) is 0 Å². The lowest BCUT2D eigenvalue weighted by Crippen LogP contribution is -2.43. The highest BCUT2D eigenvalue weighted by molar-refractivity contribution is 9.10. The topological polar surface area (TPSA) is 29.1 Å². The van der Waals surface area contributed by atoms with Crippen LogP contribution in [0.25, 0.3) is 0 Å². The minimum Gasteiger partial charge on any atom is -0.348 e. The molecule has 120 valence electrons. The molecule has 2 aromatic rings. The van der Waals surface area contributed by atoms with Crippen LogP contribution in [0.4, 0.5) is 0 Å². The van der Waals surface area contributed by atoms with Crippen molar-refractivity contribution < 1.29 is 4.79 Å². The van der Waals surface area contributed by atoms with Gasteiger partial charge in [0.15, 0.2) is 0 Å². The Bertz CT molecular complexity index is 644. The van der Waals surface area contributed by atoms with Gasteiger partial charge < -0.3 is 5.32 Å². The summed E-state index contributed by atoms with van der Waals surface area (Å²) in [6.07, 6.45) is 4.66. The summed E-state index contributed by atoms with van der Waals surface area (Å²) in [5.74, 6) is 0.0306. The van der Waals surface area contributed by atoms with Gasteiger partial charge >= 0.3 is 0 Å². The zero-order valence-corrected chi connectivity index (χ0v) is 15.3. The van der Waals surface area contributed by atoms with E-state index in [0.717, 1.165) is 22.9 Å². The number of hydrogen-bond acceptors (Lipinski definition) is 2. The zero-order chi connectivity index (χ0) is 16.1. The molecule has 0 bridgehead atoms. The van der Waals surface area contributed by atoms with Gasteiger partial charge in [0.1, 0.15) is 0 Å². The Labute approximate surface area is 150 Å². The van der Waals surface area contributed by atoms with E-state index in [0.29, 0.717) is 5.25 Å². The van der Waals surface area contributed by atoms with Crippen LogP contribution in [0.5, 0.6) is 0 Å². The van der Waals surface area contributed by atoms with Gasteiger partial charge in [0.2, 0.25) is 0 Å². The second-order valence-corrected chi connectivity index (χ2v) is 8.07. The van der Waals surface area contributed by atoms with Crippen molar-refractivity contribution in [3.05, 3.63) is 64.6 Å². The molecule has 0 radical (unpaired) electrons. The molecule has 0 heterocycles. The van der Waals surface area contributed by atoms with Crippen molar-refractivity contribution in [1.29, 1.82) is 0 Å². The van der Waals surface area contributed by atoms with Crippen LogP contribution in [-0.2, 0) is 0 Å². The molecule has 2 aromatic carbocycles. The van der Waals surface area contributed by atoms with Gasteiger partial charge in [-0.1, -0.05) is 47.0 Å². The predicted molar refractivity (Wildman–Crippen MR) is 100.0 cm³/mol. The number of nitrogens with one attached hydrogen (secondary N) is 1. The smallest absolute Gasteiger partial charge is 0.251 e. The summed E-state index contributed by atoms with van der Waals surface area (Å²) in [4.78, 5) is 13.8. The highest BCUT2D eigenvalue weighted by Crippen LogP contribution is 2.34. The summed E-state index contributed by atoms with van der Waals surface area (Å²) in [5.41, 5.74) is 0.724. The first-order valence-electron chi connectivity index (χ1n) is 8.00. The van der Waals surface area contributed by atoms with Gasteiger partial charge in [-0.15, -0.1) is 11.8 Å². The number of carbonyl (C=O) groups is 1. The Morgan fingerprint density at radius 2 is 1.70 bits per heavy atom. The highest BCUT2D eigenvalue weighted by Gasteiger charge is 2.27. The van der Waals surface area contributed by atoms with Crippen LogP contribution in [0.1, 0.15) is 36.0 Å². The molecular weight excluding hydrogens is 370 g/mol. The third-order valence-electron chi connectivity index (χ3n) is 4.16. The summed E-state index contributed by atoms with van der Waals surface area (Å²) in [7, 11) is 0. The molecule has 0 saturated heterocycles. The number of amides is 1. The molecule has 23 heavy (non-hydrogen) atoms. The molecule has 0 aliphatic heterocycles. The van der Waals surface area contributed by atoms with E-state index in [1.165, 1.54) is 17.7 Å². The lowest BCUT2D eigenvalue weighted by atomic mass is 9.94. The quantitative estimate of drug-likeness (QED) is 0.769. The minimum atomic E-state index is 0.0306. The second-order valence-electron chi connectivity index (χ2n) is 5.84. The molecule has 1 fully saturated rings. The molecule has 0 aromatic heterocycles. The third kappa shape index (κ3) is 4.61. The molecule has 0 unspecified atom stereocenters. The first-order valence-corrected chi connectivity index (χ1v) is 9.68. The fourth-order valence-corrected chi connectivity index (χ4v) is 4.51. The lowest BCUT2D eigenvalue weighted by molar-refractivity contribution is 0.0929. The molecular formula is C19H20BrNOS. The number of carbonyl (C=O) groups excluding carboxylic acids is 1. The Balaban J connectivity index is 1.66. The number of halogens is 1. The number of hydrogen-bond donors (Lipinski definition) is 1. The van der Waals surface area contributed by atoms with Gasteiger partial charge in [0.05, 0.1) is 0 Å². The zero-order valence-electron chi connectivity index (χ0n) is 12.9. The number of rotatable bonds is 4. The van der Waals surface area contributed by atoms with Crippen LogP contribution in [0.3, 0.4) is 0 Å². The maximum absolute atomic E-state index is 12.5. The van der Waals surface area contributed by atoms with Crippen molar-refractivity contribution in [2.24, 2.45) is 0 Å². The first kappa shape index (κ1) is 16.6. The van der Waals surface area contributed by atoms with Crippen molar-refractivity contribution in [2.75, 3.05) is 0 Å². The third-order valence-corrected chi connectivity index (χ3v) is 6.10. The van der Waals surface area contributed by atoms with Gasteiger partial charge in [-0.25, -0.2) is 0 Å². The maximum Gasteiger partial charge on any atom is 0.251 e. The Kier molecular flexibility index (Phi) is 5.79. The van der Waals surface area contributed by atoms with E-state index in [9.17, 15) is 4.79 Å². The van der Waals surface area contributed by atoms with Gasteiger partial charge in [-0.05, 0) is 49.2 Å². The summed E-state index contributed by atoms with van der Waals surface area (Å²) < 4.78 is 0.990. The van der Waals surface area contributed by atoms with E-state index >= 15 is 0 Å². The monoisotopic (exact) mass is 389 g/mol. The fourth-order valence-electron chi connectivity index (χ4n) is 2.93. The molecule has 4 heteroatoms. The van der Waals surface area contributed by atoms with Crippen LogP contribution in [0.2, 0.25) is 0 Å². The molecule has 2 nitrogen and oxygen atoms in total. The largest absolute Gasteiger partial charge is 0.348 e. The molecule has 1 amide bonds. The average Bonchev–Trinajstić information content (AvgIpc) is 2.58. The molecule has 1 aliphatic carbocycles. The first-order chi connectivity index (χ1) is 11.2. The van der Waals surface area contributed by atoms with Crippen LogP contribution in [0.15, 0.2) is 64.0 Å². The van der Waals surface area contributed by atoms with Gasteiger partial charge in [0.25, 0.3) is 5.91 Å². The van der Waals surface area contributed by atoms with Gasteiger partial charge in [-0.3, -0.25) is 4.79 Å². The van der Waals surface area contributed by atoms with Crippen molar-refractivity contribution in [3.63, 3.8) is 0 Å². The fraction of sp³-hybridized carbons (Fsp3) is 0.316. The molecule has 1 aliphatic rings. The Hall–Kier alpha value is -1.26. The van der Waals surface area contributed by atoms with Crippen LogP contribution < -0.4 is 5.32 Å². The van der Waals surface area contributed by atoms with Crippen LogP contribution in [0, 0.1) is 0 Å². The number of thioether (sulfide) groups is 1. The van der Waals surface area contributed by atoms with Crippen LogP contribution in [-0.4, -0.2) is 17.2 Å². The van der Waals surface area contributed by atoms with E-state index in [1.807, 2.05) is 42.1 Å². The predicted octanol–water partition coefficient (Wildman–Crippen LogP) is 5.28. The summed E-state index contributed by atoms with van der Waals surface area (Å²) in [5, 5.41) is 3.70. The minimum absolute atomic E-state index is 0.0306. The van der Waals surface area contributed by atoms with Crippen molar-refractivity contribution in [1.82, 2.24) is 5.32 Å². The Morgan fingerprint density at radius 3 is 2.43 bits per heavy atom. The maximum atomic E-state index is 12.5. The lowest BCUT2D eigenvalue weighted by Gasteiger charge is -2.31. The van der Waals surface area contributed by atoms with E-state index in [2.05, 4.69) is 45.5 Å². The normalized spacial score (nSPS) is 20.9. The SMILES string of the molecule is O=C(N[C@H]1CCCC[C@@H]1Sc1ccccc1)c1ccc(Br)cc1. The molecule has 3 rings (SSSR count). The average molecular weight is 390 g/mol. The molecule has 1 N–H and O–H groups in total. The van der Waals surface area contributed by atoms with E-state index in [-0.39, 0.29) is 11.9 Å². The highest BCUT2D eigenvalue weighted by atomic mass is 79.9. The van der Waals surface area contributed by atoms with Crippen molar-refractivity contribution in [2.45, 2.75) is 41.9 Å². The van der Waals surface area contributed by atoms with E-state index < -0.39 is 0 Å².